The molecule has 0 fully saturated rings. The third kappa shape index (κ3) is 3.11. The fraction of sp³-hybridized carbons (Fsp3) is 0.333. The van der Waals surface area contributed by atoms with Gasteiger partial charge in [-0.2, -0.15) is 0 Å². The summed E-state index contributed by atoms with van der Waals surface area (Å²) in [7, 11) is 1.50. The van der Waals surface area contributed by atoms with Gasteiger partial charge >= 0.3 is 0 Å². The van der Waals surface area contributed by atoms with E-state index in [9.17, 15) is 10.1 Å². The first-order chi connectivity index (χ1) is 8.12. The summed E-state index contributed by atoms with van der Waals surface area (Å²) in [4.78, 5) is 10.4. The number of anilines is 1. The molecule has 1 aromatic rings. The van der Waals surface area contributed by atoms with Gasteiger partial charge in [0.15, 0.2) is 0 Å². The summed E-state index contributed by atoms with van der Waals surface area (Å²) in [6.07, 6.45) is 6.00. The van der Waals surface area contributed by atoms with Gasteiger partial charge in [-0.3, -0.25) is 10.1 Å². The highest BCUT2D eigenvalue weighted by Gasteiger charge is 2.16. The number of nitro benzene ring substituents is 1. The summed E-state index contributed by atoms with van der Waals surface area (Å²) >= 11 is 0. The average Bonchev–Trinajstić information content (AvgIpc) is 2.35. The molecule has 0 aromatic heterocycles. The maximum absolute atomic E-state index is 10.9. The van der Waals surface area contributed by atoms with E-state index in [1.165, 1.54) is 13.2 Å². The van der Waals surface area contributed by atoms with Crippen LogP contribution in [0, 0.1) is 22.5 Å². The first kappa shape index (κ1) is 12.8. The molecule has 90 valence electrons. The zero-order chi connectivity index (χ0) is 12.8. The highest BCUT2D eigenvalue weighted by Crippen LogP contribution is 2.29. The van der Waals surface area contributed by atoms with Gasteiger partial charge in [-0.1, -0.05) is 12.8 Å². The number of nitrogens with one attached hydrogen (secondary N) is 1. The largest absolute Gasteiger partial charge is 0.497 e. The lowest BCUT2D eigenvalue weighted by atomic mass is 10.2. The fourth-order valence-corrected chi connectivity index (χ4v) is 1.37. The molecule has 0 spiro atoms. The Morgan fingerprint density at radius 2 is 2.35 bits per heavy atom. The third-order valence-corrected chi connectivity index (χ3v) is 2.34. The predicted octanol–water partition coefficient (Wildman–Crippen LogP) is 2.43. The number of rotatable bonds is 5. The smallest absolute Gasteiger partial charge is 0.292 e. The number of nitro groups is 1. The van der Waals surface area contributed by atoms with Crippen molar-refractivity contribution in [1.82, 2.24) is 0 Å². The Kier molecular flexibility index (Phi) is 4.35. The Labute approximate surface area is 99.9 Å². The van der Waals surface area contributed by atoms with Crippen molar-refractivity contribution in [2.24, 2.45) is 0 Å². The third-order valence-electron chi connectivity index (χ3n) is 2.34. The summed E-state index contributed by atoms with van der Waals surface area (Å²) in [6.45, 7) is 1.91. The van der Waals surface area contributed by atoms with E-state index < -0.39 is 4.92 Å². The number of hydrogen-bond acceptors (Lipinski definition) is 4. The van der Waals surface area contributed by atoms with Gasteiger partial charge in [0.25, 0.3) is 5.69 Å². The maximum Gasteiger partial charge on any atom is 0.292 e. The molecule has 1 aromatic carbocycles. The quantitative estimate of drug-likeness (QED) is 0.482. The number of hydrogen-bond donors (Lipinski definition) is 1. The molecule has 17 heavy (non-hydrogen) atoms. The van der Waals surface area contributed by atoms with Gasteiger partial charge in [-0.15, -0.1) is 6.42 Å². The van der Waals surface area contributed by atoms with E-state index in [1.54, 1.807) is 12.1 Å². The molecule has 0 radical (unpaired) electrons. The molecular formula is C12H14N2O3. The molecule has 0 saturated heterocycles. The van der Waals surface area contributed by atoms with Crippen LogP contribution in [-0.4, -0.2) is 18.1 Å². The summed E-state index contributed by atoms with van der Waals surface area (Å²) < 4.78 is 5.02. The second-order valence-electron chi connectivity index (χ2n) is 3.41. The van der Waals surface area contributed by atoms with Crippen LogP contribution in [-0.2, 0) is 0 Å². The standard InChI is InChI=1S/C12H14N2O3/c1-4-9(5-2)13-11-8-10(17-3)6-7-12(11)14(15)16/h1,6-9,13H,5H2,2-3H3. The van der Waals surface area contributed by atoms with Crippen LogP contribution >= 0.6 is 0 Å². The van der Waals surface area contributed by atoms with Gasteiger partial charge in [-0.25, -0.2) is 0 Å². The van der Waals surface area contributed by atoms with E-state index in [1.807, 2.05) is 6.92 Å². The summed E-state index contributed by atoms with van der Waals surface area (Å²) in [5, 5.41) is 13.8. The Balaban J connectivity index is 3.09. The van der Waals surface area contributed by atoms with Crippen molar-refractivity contribution in [3.8, 4) is 18.1 Å². The van der Waals surface area contributed by atoms with Crippen molar-refractivity contribution in [2.75, 3.05) is 12.4 Å². The summed E-state index contributed by atoms with van der Waals surface area (Å²) in [5.41, 5.74) is 0.360. The maximum atomic E-state index is 10.9. The van der Waals surface area contributed by atoms with E-state index in [0.717, 1.165) is 0 Å². The van der Waals surface area contributed by atoms with Gasteiger partial charge in [0.2, 0.25) is 0 Å². The molecular weight excluding hydrogens is 220 g/mol. The van der Waals surface area contributed by atoms with Crippen molar-refractivity contribution >= 4 is 11.4 Å². The second-order valence-corrected chi connectivity index (χ2v) is 3.41. The molecule has 0 saturated carbocycles. The predicted molar refractivity (Wildman–Crippen MR) is 66.2 cm³/mol. The summed E-state index contributed by atoms with van der Waals surface area (Å²) in [5.74, 6) is 3.08. The van der Waals surface area contributed by atoms with Crippen molar-refractivity contribution in [1.29, 1.82) is 0 Å². The van der Waals surface area contributed by atoms with Crippen LogP contribution in [0.1, 0.15) is 13.3 Å². The van der Waals surface area contributed by atoms with Crippen LogP contribution < -0.4 is 10.1 Å². The molecule has 5 nitrogen and oxygen atoms in total. The monoisotopic (exact) mass is 234 g/mol. The van der Waals surface area contributed by atoms with Crippen molar-refractivity contribution in [2.45, 2.75) is 19.4 Å². The molecule has 0 bridgehead atoms. The number of ether oxygens (including phenoxy) is 1. The Bertz CT molecular complexity index is 452. The van der Waals surface area contributed by atoms with E-state index in [4.69, 9.17) is 11.2 Å². The number of nitrogens with zero attached hydrogens (tertiary/aromatic N) is 1. The lowest BCUT2D eigenvalue weighted by Gasteiger charge is -2.13. The second kappa shape index (κ2) is 5.75. The topological polar surface area (TPSA) is 64.4 Å². The van der Waals surface area contributed by atoms with Crippen LogP contribution in [0.3, 0.4) is 0 Å². The normalized spacial score (nSPS) is 11.4. The highest BCUT2D eigenvalue weighted by molar-refractivity contribution is 5.65. The minimum Gasteiger partial charge on any atom is -0.497 e. The molecule has 1 unspecified atom stereocenters. The molecule has 1 atom stereocenters. The van der Waals surface area contributed by atoms with E-state index in [2.05, 4.69) is 11.2 Å². The Hall–Kier alpha value is -2.22. The number of methoxy groups -OCH3 is 1. The highest BCUT2D eigenvalue weighted by atomic mass is 16.6. The average molecular weight is 234 g/mol. The van der Waals surface area contributed by atoms with Gasteiger partial charge in [0, 0.05) is 12.1 Å². The Morgan fingerprint density at radius 3 is 2.82 bits per heavy atom. The molecule has 0 aliphatic carbocycles. The van der Waals surface area contributed by atoms with E-state index in [0.29, 0.717) is 17.9 Å². The summed E-state index contributed by atoms with van der Waals surface area (Å²) in [6, 6.07) is 4.27. The molecule has 0 aliphatic rings. The number of terminal acetylenes is 1. The fourth-order valence-electron chi connectivity index (χ4n) is 1.37. The van der Waals surface area contributed by atoms with E-state index >= 15 is 0 Å². The lowest BCUT2D eigenvalue weighted by molar-refractivity contribution is -0.384. The minimum absolute atomic E-state index is 0.0144. The number of benzene rings is 1. The van der Waals surface area contributed by atoms with Gasteiger partial charge in [-0.05, 0) is 12.5 Å². The Morgan fingerprint density at radius 1 is 1.65 bits per heavy atom. The zero-order valence-electron chi connectivity index (χ0n) is 9.77. The van der Waals surface area contributed by atoms with Crippen LogP contribution in [0.5, 0.6) is 5.75 Å². The molecule has 5 heteroatoms. The van der Waals surface area contributed by atoms with Crippen molar-refractivity contribution in [3.63, 3.8) is 0 Å². The van der Waals surface area contributed by atoms with Crippen LogP contribution in [0.15, 0.2) is 18.2 Å². The molecule has 0 heterocycles. The van der Waals surface area contributed by atoms with E-state index in [-0.39, 0.29) is 11.7 Å². The minimum atomic E-state index is -0.453. The van der Waals surface area contributed by atoms with Crippen LogP contribution in [0.4, 0.5) is 11.4 Å². The van der Waals surface area contributed by atoms with Crippen LogP contribution in [0.2, 0.25) is 0 Å². The van der Waals surface area contributed by atoms with Crippen LogP contribution in [0.25, 0.3) is 0 Å². The molecule has 0 aliphatic heterocycles. The van der Waals surface area contributed by atoms with Gasteiger partial charge in [0.1, 0.15) is 11.4 Å². The van der Waals surface area contributed by atoms with Crippen molar-refractivity contribution < 1.29 is 9.66 Å². The zero-order valence-corrected chi connectivity index (χ0v) is 9.77. The molecule has 1 rings (SSSR count). The first-order valence-corrected chi connectivity index (χ1v) is 5.17. The van der Waals surface area contributed by atoms with Crippen molar-refractivity contribution in [3.05, 3.63) is 28.3 Å². The lowest BCUT2D eigenvalue weighted by Crippen LogP contribution is -2.16. The molecule has 1 N–H and O–H groups in total. The van der Waals surface area contributed by atoms with Gasteiger partial charge < -0.3 is 10.1 Å². The van der Waals surface area contributed by atoms with Gasteiger partial charge in [0.05, 0.1) is 18.1 Å². The first-order valence-electron chi connectivity index (χ1n) is 5.17. The SMILES string of the molecule is C#CC(CC)Nc1cc(OC)ccc1[N+](=O)[O-]. The molecule has 0 amide bonds.